The number of nitrogens with one attached hydrogen (secondary N) is 1. The van der Waals surface area contributed by atoms with Crippen molar-refractivity contribution >= 4 is 17.4 Å². The first-order valence-electron chi connectivity index (χ1n) is 5.67. The molecule has 2 heteroatoms. The molecule has 1 atom stereocenters. The zero-order valence-electron chi connectivity index (χ0n) is 9.55. The molecule has 1 nitrogen and oxygen atoms in total. The summed E-state index contributed by atoms with van der Waals surface area (Å²) in [6.45, 7) is 4.33. The lowest BCUT2D eigenvalue weighted by molar-refractivity contribution is 0.684. The summed E-state index contributed by atoms with van der Waals surface area (Å²) in [4.78, 5) is 0. The molecule has 0 unspecified atom stereocenters. The third-order valence-electron chi connectivity index (χ3n) is 2.91. The van der Waals surface area contributed by atoms with Crippen molar-refractivity contribution in [3.05, 3.63) is 29.3 Å². The first-order chi connectivity index (χ1) is 7.25. The smallest absolute Gasteiger partial charge is 0.0374 e. The summed E-state index contributed by atoms with van der Waals surface area (Å²) in [7, 11) is 0. The van der Waals surface area contributed by atoms with Gasteiger partial charge in [-0.1, -0.05) is 12.1 Å². The van der Waals surface area contributed by atoms with Crippen LogP contribution in [0.25, 0.3) is 0 Å². The Morgan fingerprint density at radius 3 is 2.93 bits per heavy atom. The van der Waals surface area contributed by atoms with Gasteiger partial charge in [-0.2, -0.15) is 11.8 Å². The summed E-state index contributed by atoms with van der Waals surface area (Å²) in [6, 6.07) is 7.31. The molecule has 1 aromatic carbocycles. The molecule has 15 heavy (non-hydrogen) atoms. The van der Waals surface area contributed by atoms with Gasteiger partial charge in [0.2, 0.25) is 0 Å². The van der Waals surface area contributed by atoms with Crippen LogP contribution in [0.4, 0.5) is 5.69 Å². The van der Waals surface area contributed by atoms with Crippen LogP contribution in [-0.2, 0) is 0 Å². The lowest BCUT2D eigenvalue weighted by atomic mass is 10.1. The molecule has 0 saturated carbocycles. The SMILES string of the molecule is Cc1ccc(C)c(N[C@H]2CCCSC2)c1. The van der Waals surface area contributed by atoms with Crippen molar-refractivity contribution in [1.29, 1.82) is 0 Å². The normalized spacial score (nSPS) is 21.3. The van der Waals surface area contributed by atoms with Gasteiger partial charge in [0.15, 0.2) is 0 Å². The molecule has 1 aromatic rings. The number of rotatable bonds is 2. The standard InChI is InChI=1S/C13H19NS/c1-10-5-6-11(2)13(8-10)14-12-4-3-7-15-9-12/h5-6,8,12,14H,3-4,7,9H2,1-2H3/t12-/m0/s1. The van der Waals surface area contributed by atoms with Crippen LogP contribution in [0.1, 0.15) is 24.0 Å². The summed E-state index contributed by atoms with van der Waals surface area (Å²) in [5, 5.41) is 3.67. The number of benzene rings is 1. The lowest BCUT2D eigenvalue weighted by Crippen LogP contribution is -2.26. The van der Waals surface area contributed by atoms with Gasteiger partial charge in [0.05, 0.1) is 0 Å². The fourth-order valence-electron chi connectivity index (χ4n) is 1.97. The number of hydrogen-bond donors (Lipinski definition) is 1. The minimum atomic E-state index is 0.671. The second-order valence-corrected chi connectivity index (χ2v) is 5.53. The van der Waals surface area contributed by atoms with E-state index in [1.54, 1.807) is 0 Å². The van der Waals surface area contributed by atoms with E-state index >= 15 is 0 Å². The molecule has 1 saturated heterocycles. The van der Waals surface area contributed by atoms with E-state index in [1.165, 1.54) is 41.2 Å². The first kappa shape index (κ1) is 10.9. The van der Waals surface area contributed by atoms with E-state index in [0.717, 1.165) is 0 Å². The van der Waals surface area contributed by atoms with E-state index in [1.807, 2.05) is 0 Å². The number of hydrogen-bond acceptors (Lipinski definition) is 2. The molecule has 2 rings (SSSR count). The van der Waals surface area contributed by atoms with Crippen LogP contribution in [0, 0.1) is 13.8 Å². The van der Waals surface area contributed by atoms with Gasteiger partial charge in [-0.05, 0) is 49.6 Å². The van der Waals surface area contributed by atoms with Crippen LogP contribution < -0.4 is 5.32 Å². The molecule has 0 amide bonds. The monoisotopic (exact) mass is 221 g/mol. The highest BCUT2D eigenvalue weighted by atomic mass is 32.2. The second kappa shape index (κ2) is 4.93. The van der Waals surface area contributed by atoms with E-state index < -0.39 is 0 Å². The number of aryl methyl sites for hydroxylation is 2. The Morgan fingerprint density at radius 2 is 2.20 bits per heavy atom. The Bertz CT molecular complexity index is 329. The highest BCUT2D eigenvalue weighted by Gasteiger charge is 2.13. The average molecular weight is 221 g/mol. The van der Waals surface area contributed by atoms with E-state index in [2.05, 4.69) is 49.1 Å². The van der Waals surface area contributed by atoms with Crippen LogP contribution in [0.2, 0.25) is 0 Å². The predicted molar refractivity (Wildman–Crippen MR) is 69.9 cm³/mol. The van der Waals surface area contributed by atoms with Gasteiger partial charge in [-0.15, -0.1) is 0 Å². The molecular weight excluding hydrogens is 202 g/mol. The predicted octanol–water partition coefficient (Wildman–Crippen LogP) is 3.61. The fourth-order valence-corrected chi connectivity index (χ4v) is 3.04. The topological polar surface area (TPSA) is 12.0 Å². The molecular formula is C13H19NS. The number of anilines is 1. The van der Waals surface area contributed by atoms with Gasteiger partial charge in [0.1, 0.15) is 0 Å². The quantitative estimate of drug-likeness (QED) is 0.818. The van der Waals surface area contributed by atoms with Crippen molar-refractivity contribution in [2.75, 3.05) is 16.8 Å². The lowest BCUT2D eigenvalue weighted by Gasteiger charge is -2.24. The van der Waals surface area contributed by atoms with Crippen LogP contribution in [0.3, 0.4) is 0 Å². The molecule has 1 N–H and O–H groups in total. The summed E-state index contributed by atoms with van der Waals surface area (Å²) >= 11 is 2.07. The minimum absolute atomic E-state index is 0.671. The molecule has 0 radical (unpaired) electrons. The Balaban J connectivity index is 2.05. The van der Waals surface area contributed by atoms with Crippen molar-refractivity contribution in [1.82, 2.24) is 0 Å². The van der Waals surface area contributed by atoms with E-state index in [9.17, 15) is 0 Å². The maximum Gasteiger partial charge on any atom is 0.0374 e. The van der Waals surface area contributed by atoms with Crippen molar-refractivity contribution < 1.29 is 0 Å². The van der Waals surface area contributed by atoms with Crippen LogP contribution in [-0.4, -0.2) is 17.5 Å². The summed E-state index contributed by atoms with van der Waals surface area (Å²) < 4.78 is 0. The van der Waals surface area contributed by atoms with Crippen LogP contribution in [0.15, 0.2) is 18.2 Å². The Labute approximate surface area is 96.7 Å². The molecule has 1 aliphatic heterocycles. The fraction of sp³-hybridized carbons (Fsp3) is 0.538. The van der Waals surface area contributed by atoms with Gasteiger partial charge >= 0.3 is 0 Å². The molecule has 0 aromatic heterocycles. The van der Waals surface area contributed by atoms with Gasteiger partial charge in [-0.25, -0.2) is 0 Å². The second-order valence-electron chi connectivity index (χ2n) is 4.38. The van der Waals surface area contributed by atoms with Crippen molar-refractivity contribution in [3.8, 4) is 0 Å². The third kappa shape index (κ3) is 2.91. The van der Waals surface area contributed by atoms with Crippen molar-refractivity contribution in [2.24, 2.45) is 0 Å². The van der Waals surface area contributed by atoms with Gasteiger partial charge < -0.3 is 5.32 Å². The summed E-state index contributed by atoms with van der Waals surface area (Å²) in [6.07, 6.45) is 2.67. The van der Waals surface area contributed by atoms with E-state index in [0.29, 0.717) is 6.04 Å². The highest BCUT2D eigenvalue weighted by molar-refractivity contribution is 7.99. The Hall–Kier alpha value is -0.630. The first-order valence-corrected chi connectivity index (χ1v) is 6.83. The third-order valence-corrected chi connectivity index (χ3v) is 4.13. The van der Waals surface area contributed by atoms with Crippen molar-refractivity contribution in [3.63, 3.8) is 0 Å². The average Bonchev–Trinajstić information content (AvgIpc) is 2.25. The molecule has 1 fully saturated rings. The molecule has 1 heterocycles. The molecule has 1 aliphatic rings. The maximum absolute atomic E-state index is 3.67. The highest BCUT2D eigenvalue weighted by Crippen LogP contribution is 2.23. The Morgan fingerprint density at radius 1 is 1.33 bits per heavy atom. The minimum Gasteiger partial charge on any atom is -0.381 e. The van der Waals surface area contributed by atoms with Gasteiger partial charge in [-0.3, -0.25) is 0 Å². The van der Waals surface area contributed by atoms with Crippen LogP contribution in [0.5, 0.6) is 0 Å². The van der Waals surface area contributed by atoms with Crippen LogP contribution >= 0.6 is 11.8 Å². The van der Waals surface area contributed by atoms with E-state index in [4.69, 9.17) is 0 Å². The van der Waals surface area contributed by atoms with Gasteiger partial charge in [0.25, 0.3) is 0 Å². The maximum atomic E-state index is 3.67. The zero-order valence-corrected chi connectivity index (χ0v) is 10.4. The molecule has 0 bridgehead atoms. The summed E-state index contributed by atoms with van der Waals surface area (Å²) in [5.41, 5.74) is 4.02. The molecule has 0 aliphatic carbocycles. The van der Waals surface area contributed by atoms with Crippen molar-refractivity contribution in [2.45, 2.75) is 32.7 Å². The molecule has 0 spiro atoms. The van der Waals surface area contributed by atoms with E-state index in [-0.39, 0.29) is 0 Å². The molecule has 82 valence electrons. The van der Waals surface area contributed by atoms with Gasteiger partial charge in [0, 0.05) is 17.5 Å². The Kier molecular flexibility index (Phi) is 3.57. The largest absolute Gasteiger partial charge is 0.381 e. The summed E-state index contributed by atoms with van der Waals surface area (Å²) in [5.74, 6) is 2.60. The number of thioether (sulfide) groups is 1. The zero-order chi connectivity index (χ0) is 10.7.